The van der Waals surface area contributed by atoms with Crippen LogP contribution >= 0.6 is 0 Å². The zero-order valence-corrected chi connectivity index (χ0v) is 12.0. The first-order valence-electron chi connectivity index (χ1n) is 6.58. The molecule has 0 radical (unpaired) electrons. The van der Waals surface area contributed by atoms with Crippen molar-refractivity contribution in [3.8, 4) is 0 Å². The molecule has 0 unspecified atom stereocenters. The molecule has 2 aromatic carbocycles. The van der Waals surface area contributed by atoms with E-state index in [2.05, 4.69) is 9.99 Å². The van der Waals surface area contributed by atoms with Crippen molar-refractivity contribution in [1.29, 1.82) is 0 Å². The normalized spacial score (nSPS) is 11.4. The highest BCUT2D eigenvalue weighted by Gasteiger charge is 2.08. The van der Waals surface area contributed by atoms with Crippen molar-refractivity contribution in [2.75, 3.05) is 0 Å². The van der Waals surface area contributed by atoms with E-state index in [9.17, 15) is 14.9 Å². The average Bonchev–Trinajstić information content (AvgIpc) is 2.58. The van der Waals surface area contributed by atoms with Gasteiger partial charge in [-0.2, -0.15) is 0 Å². The number of nitro groups is 1. The Labute approximate surface area is 131 Å². The van der Waals surface area contributed by atoms with Gasteiger partial charge in [0.2, 0.25) is 0 Å². The highest BCUT2D eigenvalue weighted by molar-refractivity contribution is 5.98. The highest BCUT2D eigenvalue weighted by Crippen LogP contribution is 2.12. The fraction of sp³-hybridized carbons (Fsp3) is 0. The van der Waals surface area contributed by atoms with Crippen LogP contribution in [0.3, 0.4) is 0 Å². The molecule has 0 fully saturated rings. The maximum Gasteiger partial charge on any atom is 0.358 e. The molecule has 0 bridgehead atoms. The Kier molecular flexibility index (Phi) is 5.19. The number of carbonyl (C=O) groups is 1. The first-order valence-corrected chi connectivity index (χ1v) is 6.58. The molecule has 0 heterocycles. The average molecular weight is 311 g/mol. The molecule has 2 N–H and O–H groups in total. The van der Waals surface area contributed by atoms with Crippen molar-refractivity contribution >= 4 is 23.6 Å². The number of benzene rings is 2. The molecule has 23 heavy (non-hydrogen) atoms. The van der Waals surface area contributed by atoms with Gasteiger partial charge in [0, 0.05) is 23.8 Å². The topological polar surface area (TPSA) is 108 Å². The third kappa shape index (κ3) is 4.78. The molecule has 7 heteroatoms. The van der Waals surface area contributed by atoms with Crippen LogP contribution in [0.2, 0.25) is 0 Å². The summed E-state index contributed by atoms with van der Waals surface area (Å²) in [4.78, 5) is 26.3. The zero-order valence-electron chi connectivity index (χ0n) is 12.0. The van der Waals surface area contributed by atoms with Gasteiger partial charge in [-0.1, -0.05) is 47.6 Å². The molecule has 0 aliphatic rings. The van der Waals surface area contributed by atoms with Gasteiger partial charge in [0.15, 0.2) is 5.84 Å². The highest BCUT2D eigenvalue weighted by atomic mass is 16.7. The number of nitrogens with zero attached hydrogens (tertiary/aromatic N) is 2. The first-order chi connectivity index (χ1) is 11.1. The summed E-state index contributed by atoms with van der Waals surface area (Å²) in [6, 6.07) is 14.7. The van der Waals surface area contributed by atoms with Gasteiger partial charge in [-0.25, -0.2) is 4.79 Å². The lowest BCUT2D eigenvalue weighted by molar-refractivity contribution is -0.384. The number of rotatable bonds is 5. The number of non-ortho nitro benzene ring substituents is 1. The van der Waals surface area contributed by atoms with E-state index in [-0.39, 0.29) is 11.5 Å². The third-order valence-electron chi connectivity index (χ3n) is 2.80. The van der Waals surface area contributed by atoms with E-state index in [1.165, 1.54) is 30.3 Å². The Hall–Kier alpha value is -3.48. The summed E-state index contributed by atoms with van der Waals surface area (Å²) in [6.07, 6.45) is 2.78. The van der Waals surface area contributed by atoms with Crippen molar-refractivity contribution in [3.05, 3.63) is 81.9 Å². The second-order valence-electron chi connectivity index (χ2n) is 4.44. The van der Waals surface area contributed by atoms with Crippen LogP contribution in [-0.4, -0.2) is 16.7 Å². The molecule has 0 amide bonds. The molecule has 0 aromatic heterocycles. The van der Waals surface area contributed by atoms with Crippen LogP contribution < -0.4 is 5.73 Å². The number of nitrogens with two attached hydrogens (primary N) is 1. The molecular weight excluding hydrogens is 298 g/mol. The van der Waals surface area contributed by atoms with E-state index in [1.54, 1.807) is 6.08 Å². The van der Waals surface area contributed by atoms with Crippen LogP contribution in [0.4, 0.5) is 5.69 Å². The minimum atomic E-state index is -0.706. The minimum Gasteiger partial charge on any atom is -0.380 e. The number of hydrogen-bond donors (Lipinski definition) is 1. The number of oxime groups is 1. The molecule has 0 spiro atoms. The lowest BCUT2D eigenvalue weighted by atomic mass is 10.2. The monoisotopic (exact) mass is 311 g/mol. The van der Waals surface area contributed by atoms with E-state index >= 15 is 0 Å². The van der Waals surface area contributed by atoms with Gasteiger partial charge >= 0.3 is 5.97 Å². The van der Waals surface area contributed by atoms with Crippen molar-refractivity contribution in [1.82, 2.24) is 0 Å². The molecule has 0 aliphatic carbocycles. The lowest BCUT2D eigenvalue weighted by Gasteiger charge is -1.99. The second kappa shape index (κ2) is 7.51. The Balaban J connectivity index is 2.01. The summed E-state index contributed by atoms with van der Waals surface area (Å²) in [5.74, 6) is -0.836. The van der Waals surface area contributed by atoms with E-state index in [0.29, 0.717) is 5.56 Å². The van der Waals surface area contributed by atoms with Gasteiger partial charge < -0.3 is 10.6 Å². The fourth-order valence-corrected chi connectivity index (χ4v) is 1.68. The van der Waals surface area contributed by atoms with Crippen molar-refractivity contribution in [2.45, 2.75) is 0 Å². The van der Waals surface area contributed by atoms with Crippen LogP contribution in [0, 0.1) is 10.1 Å². The van der Waals surface area contributed by atoms with Crippen LogP contribution in [0.15, 0.2) is 65.8 Å². The van der Waals surface area contributed by atoms with Crippen molar-refractivity contribution < 1.29 is 14.6 Å². The quantitative estimate of drug-likeness (QED) is 0.228. The van der Waals surface area contributed by atoms with Gasteiger partial charge in [-0.3, -0.25) is 10.1 Å². The largest absolute Gasteiger partial charge is 0.380 e. The smallest absolute Gasteiger partial charge is 0.358 e. The van der Waals surface area contributed by atoms with Crippen LogP contribution in [0.5, 0.6) is 0 Å². The molecule has 0 aliphatic heterocycles. The van der Waals surface area contributed by atoms with Gasteiger partial charge in [0.05, 0.1) is 4.92 Å². The molecule has 7 nitrogen and oxygen atoms in total. The predicted octanol–water partition coefficient (Wildman–Crippen LogP) is 2.47. The summed E-state index contributed by atoms with van der Waals surface area (Å²) in [7, 11) is 0. The van der Waals surface area contributed by atoms with E-state index < -0.39 is 10.9 Å². The van der Waals surface area contributed by atoms with Gasteiger partial charge in [-0.05, 0) is 11.6 Å². The first kappa shape index (κ1) is 15.9. The number of nitro benzene ring substituents is 1. The Morgan fingerprint density at radius 3 is 2.61 bits per heavy atom. The van der Waals surface area contributed by atoms with Crippen LogP contribution in [0.25, 0.3) is 6.08 Å². The number of hydrogen-bond acceptors (Lipinski definition) is 5. The van der Waals surface area contributed by atoms with Gasteiger partial charge in [-0.15, -0.1) is 0 Å². The standard InChI is InChI=1S/C16H13N3O4/c17-16(13-7-4-8-14(11-13)19(21)22)18-23-15(20)10-9-12-5-2-1-3-6-12/h1-11H,(H2,17,18). The van der Waals surface area contributed by atoms with Gasteiger partial charge in [0.25, 0.3) is 5.69 Å². The fourth-order valence-electron chi connectivity index (χ4n) is 1.68. The summed E-state index contributed by atoms with van der Waals surface area (Å²) in [5, 5.41) is 14.2. The molecule has 2 rings (SSSR count). The predicted molar refractivity (Wildman–Crippen MR) is 85.4 cm³/mol. The SMILES string of the molecule is NC(=NOC(=O)C=Cc1ccccc1)c1cccc([N+](=O)[O-])c1. The summed E-state index contributed by atoms with van der Waals surface area (Å²) in [5.41, 5.74) is 6.64. The van der Waals surface area contributed by atoms with E-state index in [0.717, 1.165) is 5.56 Å². The number of amidine groups is 1. The molecular formula is C16H13N3O4. The van der Waals surface area contributed by atoms with Crippen molar-refractivity contribution in [2.24, 2.45) is 10.9 Å². The van der Waals surface area contributed by atoms with E-state index in [1.807, 2.05) is 30.3 Å². The molecule has 0 saturated carbocycles. The molecule has 116 valence electrons. The Bertz CT molecular complexity index is 770. The van der Waals surface area contributed by atoms with Crippen molar-refractivity contribution in [3.63, 3.8) is 0 Å². The lowest BCUT2D eigenvalue weighted by Crippen LogP contribution is -2.15. The Morgan fingerprint density at radius 2 is 1.91 bits per heavy atom. The maximum absolute atomic E-state index is 11.5. The van der Waals surface area contributed by atoms with E-state index in [4.69, 9.17) is 5.73 Å². The van der Waals surface area contributed by atoms with Crippen LogP contribution in [0.1, 0.15) is 11.1 Å². The maximum atomic E-state index is 11.5. The molecule has 0 saturated heterocycles. The minimum absolute atomic E-state index is 0.129. The summed E-state index contributed by atoms with van der Waals surface area (Å²) in [6.45, 7) is 0. The second-order valence-corrected chi connectivity index (χ2v) is 4.44. The summed E-state index contributed by atoms with van der Waals surface area (Å²) >= 11 is 0. The van der Waals surface area contributed by atoms with Gasteiger partial charge in [0.1, 0.15) is 0 Å². The zero-order chi connectivity index (χ0) is 16.7. The summed E-state index contributed by atoms with van der Waals surface area (Å²) < 4.78 is 0. The molecule has 2 aromatic rings. The molecule has 0 atom stereocenters. The van der Waals surface area contributed by atoms with Crippen LogP contribution in [-0.2, 0) is 9.63 Å². The number of carbonyl (C=O) groups excluding carboxylic acids is 1. The third-order valence-corrected chi connectivity index (χ3v) is 2.80. The Morgan fingerprint density at radius 1 is 1.17 bits per heavy atom.